The summed E-state index contributed by atoms with van der Waals surface area (Å²) in [5.74, 6) is -0.442. The number of hydrogen-bond donors (Lipinski definition) is 1. The van der Waals surface area contributed by atoms with E-state index in [2.05, 4.69) is 25.4 Å². The van der Waals surface area contributed by atoms with Crippen LogP contribution in [0.25, 0.3) is 0 Å². The highest BCUT2D eigenvalue weighted by atomic mass is 79.9. The van der Waals surface area contributed by atoms with Crippen LogP contribution in [0.15, 0.2) is 27.6 Å². The first kappa shape index (κ1) is 13.3. The Morgan fingerprint density at radius 3 is 2.81 bits per heavy atom. The van der Waals surface area contributed by atoms with Crippen molar-refractivity contribution in [2.75, 3.05) is 13.7 Å². The molecule has 16 heavy (non-hydrogen) atoms. The van der Waals surface area contributed by atoms with Crippen molar-refractivity contribution in [3.8, 4) is 0 Å². The third-order valence-corrected chi connectivity index (χ3v) is 4.07. The predicted octanol–water partition coefficient (Wildman–Crippen LogP) is 1.87. The molecule has 4 nitrogen and oxygen atoms in total. The molecule has 0 bridgehead atoms. The Morgan fingerprint density at radius 1 is 1.56 bits per heavy atom. The number of halogens is 1. The maximum atomic E-state index is 11.7. The number of carbonyl (C=O) groups excluding carboxylic acids is 1. The molecule has 0 saturated heterocycles. The Hall–Kier alpha value is -0.720. The minimum Gasteiger partial charge on any atom is -0.465 e. The molecule has 0 radical (unpaired) electrons. The second-order valence-electron chi connectivity index (χ2n) is 2.90. The maximum Gasteiger partial charge on any atom is 0.337 e. The van der Waals surface area contributed by atoms with Crippen LogP contribution in [0, 0.1) is 0 Å². The average molecular weight is 306 g/mol. The van der Waals surface area contributed by atoms with Crippen LogP contribution >= 0.6 is 15.9 Å². The van der Waals surface area contributed by atoms with Gasteiger partial charge in [-0.25, -0.2) is 13.7 Å². The minimum atomic E-state index is -1.33. The predicted molar refractivity (Wildman–Crippen MR) is 65.6 cm³/mol. The highest BCUT2D eigenvalue weighted by Gasteiger charge is 2.12. The van der Waals surface area contributed by atoms with Crippen LogP contribution in [0.2, 0.25) is 0 Å². The van der Waals surface area contributed by atoms with Gasteiger partial charge < -0.3 is 4.74 Å². The molecule has 0 saturated carbocycles. The molecule has 88 valence electrons. The van der Waals surface area contributed by atoms with Gasteiger partial charge in [0.1, 0.15) is 11.0 Å². The second-order valence-corrected chi connectivity index (χ2v) is 5.02. The molecule has 1 rings (SSSR count). The lowest BCUT2D eigenvalue weighted by Crippen LogP contribution is -2.17. The highest BCUT2D eigenvalue weighted by Crippen LogP contribution is 2.21. The van der Waals surface area contributed by atoms with Crippen molar-refractivity contribution in [3.63, 3.8) is 0 Å². The first-order valence-electron chi connectivity index (χ1n) is 4.63. The van der Waals surface area contributed by atoms with Crippen LogP contribution in [0.4, 0.5) is 0 Å². The summed E-state index contributed by atoms with van der Waals surface area (Å²) < 4.78 is 19.8. The highest BCUT2D eigenvalue weighted by molar-refractivity contribution is 9.10. The zero-order valence-electron chi connectivity index (χ0n) is 8.95. The molecule has 0 aliphatic rings. The van der Waals surface area contributed by atoms with Crippen LogP contribution in [0.1, 0.15) is 17.3 Å². The number of carbonyl (C=O) groups is 1. The molecule has 0 amide bonds. The van der Waals surface area contributed by atoms with Crippen molar-refractivity contribution in [3.05, 3.63) is 28.2 Å². The summed E-state index contributed by atoms with van der Waals surface area (Å²) in [6.07, 6.45) is 0. The molecule has 1 aromatic rings. The summed E-state index contributed by atoms with van der Waals surface area (Å²) in [5.41, 5.74) is 0.381. The molecular weight excluding hydrogens is 294 g/mol. The Morgan fingerprint density at radius 2 is 2.25 bits per heavy atom. The van der Waals surface area contributed by atoms with Crippen LogP contribution in [0.5, 0.6) is 0 Å². The molecule has 0 aliphatic carbocycles. The lowest BCUT2D eigenvalue weighted by Gasteiger charge is -2.06. The van der Waals surface area contributed by atoms with Crippen LogP contribution < -0.4 is 4.72 Å². The van der Waals surface area contributed by atoms with Gasteiger partial charge in [-0.1, -0.05) is 6.92 Å². The quantitative estimate of drug-likeness (QED) is 0.864. The molecule has 1 aromatic carbocycles. The number of esters is 1. The number of nitrogens with one attached hydrogen (secondary N) is 1. The van der Waals surface area contributed by atoms with Gasteiger partial charge in [-0.2, -0.15) is 0 Å². The fourth-order valence-electron chi connectivity index (χ4n) is 1.10. The molecule has 0 spiro atoms. The number of methoxy groups -OCH3 is 1. The minimum absolute atomic E-state index is 0.381. The van der Waals surface area contributed by atoms with Crippen LogP contribution in [-0.4, -0.2) is 23.8 Å². The Bertz CT molecular complexity index is 423. The SMILES string of the molecule is CCNS(=O)c1cc(C(=O)OC)ccc1Br. The van der Waals surface area contributed by atoms with E-state index in [-0.39, 0.29) is 0 Å². The van der Waals surface area contributed by atoms with Gasteiger partial charge in [-0.05, 0) is 34.1 Å². The topological polar surface area (TPSA) is 55.4 Å². The molecular formula is C10H12BrNO3S. The van der Waals surface area contributed by atoms with E-state index >= 15 is 0 Å². The number of rotatable bonds is 4. The lowest BCUT2D eigenvalue weighted by molar-refractivity contribution is 0.0600. The fraction of sp³-hybridized carbons (Fsp3) is 0.300. The lowest BCUT2D eigenvalue weighted by atomic mass is 10.2. The second kappa shape index (κ2) is 6.12. The van der Waals surface area contributed by atoms with E-state index < -0.39 is 17.0 Å². The number of hydrogen-bond acceptors (Lipinski definition) is 3. The monoisotopic (exact) mass is 305 g/mol. The van der Waals surface area contributed by atoms with E-state index in [0.717, 1.165) is 0 Å². The zero-order valence-corrected chi connectivity index (χ0v) is 11.4. The van der Waals surface area contributed by atoms with E-state index in [1.807, 2.05) is 6.92 Å². The molecule has 0 aliphatic heterocycles. The van der Waals surface area contributed by atoms with Gasteiger partial charge in [0.25, 0.3) is 0 Å². The Labute approximate surface area is 105 Å². The summed E-state index contributed by atoms with van der Waals surface area (Å²) in [4.78, 5) is 11.8. The van der Waals surface area contributed by atoms with Gasteiger partial charge in [0.2, 0.25) is 0 Å². The molecule has 1 atom stereocenters. The van der Waals surface area contributed by atoms with Gasteiger partial charge in [-0.15, -0.1) is 0 Å². The van der Waals surface area contributed by atoms with E-state index in [4.69, 9.17) is 0 Å². The summed E-state index contributed by atoms with van der Waals surface area (Å²) in [6.45, 7) is 2.44. The molecule has 6 heteroatoms. The van der Waals surface area contributed by atoms with E-state index in [1.165, 1.54) is 7.11 Å². The molecule has 0 heterocycles. The first-order chi connectivity index (χ1) is 7.60. The standard InChI is InChI=1S/C10H12BrNO3S/c1-3-12-16(14)9-6-7(10(13)15-2)4-5-8(9)11/h4-6,12H,3H2,1-2H3. The van der Waals surface area contributed by atoms with Crippen molar-refractivity contribution >= 4 is 32.9 Å². The molecule has 0 fully saturated rings. The number of ether oxygens (including phenoxy) is 1. The molecule has 1 N–H and O–H groups in total. The first-order valence-corrected chi connectivity index (χ1v) is 6.57. The van der Waals surface area contributed by atoms with Crippen molar-refractivity contribution < 1.29 is 13.7 Å². The van der Waals surface area contributed by atoms with Gasteiger partial charge in [-0.3, -0.25) is 0 Å². The van der Waals surface area contributed by atoms with Gasteiger partial charge in [0.15, 0.2) is 0 Å². The van der Waals surface area contributed by atoms with E-state index in [1.54, 1.807) is 18.2 Å². The maximum absolute atomic E-state index is 11.7. The van der Waals surface area contributed by atoms with Crippen LogP contribution in [0.3, 0.4) is 0 Å². The van der Waals surface area contributed by atoms with E-state index in [9.17, 15) is 9.00 Å². The smallest absolute Gasteiger partial charge is 0.337 e. The van der Waals surface area contributed by atoms with Gasteiger partial charge >= 0.3 is 5.97 Å². The van der Waals surface area contributed by atoms with E-state index in [0.29, 0.717) is 21.5 Å². The van der Waals surface area contributed by atoms with Gasteiger partial charge in [0.05, 0.1) is 17.6 Å². The third kappa shape index (κ3) is 3.13. The summed E-state index contributed by atoms with van der Waals surface area (Å²) >= 11 is 3.29. The summed E-state index contributed by atoms with van der Waals surface area (Å²) in [6, 6.07) is 4.84. The van der Waals surface area contributed by atoms with Crippen LogP contribution in [-0.2, 0) is 15.7 Å². The Balaban J connectivity index is 3.08. The molecule has 0 aromatic heterocycles. The number of benzene rings is 1. The zero-order chi connectivity index (χ0) is 12.1. The van der Waals surface area contributed by atoms with Crippen molar-refractivity contribution in [2.24, 2.45) is 0 Å². The van der Waals surface area contributed by atoms with Crippen molar-refractivity contribution in [2.45, 2.75) is 11.8 Å². The fourth-order valence-corrected chi connectivity index (χ4v) is 2.68. The average Bonchev–Trinajstić information content (AvgIpc) is 2.29. The molecule has 1 unspecified atom stereocenters. The normalized spacial score (nSPS) is 12.2. The summed E-state index contributed by atoms with van der Waals surface area (Å²) in [5, 5.41) is 0. The summed E-state index contributed by atoms with van der Waals surface area (Å²) in [7, 11) is -0.0176. The third-order valence-electron chi connectivity index (χ3n) is 1.83. The Kier molecular flexibility index (Phi) is 5.11. The van der Waals surface area contributed by atoms with Crippen molar-refractivity contribution in [1.29, 1.82) is 0 Å². The van der Waals surface area contributed by atoms with Crippen molar-refractivity contribution in [1.82, 2.24) is 4.72 Å². The van der Waals surface area contributed by atoms with Gasteiger partial charge in [0, 0.05) is 11.0 Å². The largest absolute Gasteiger partial charge is 0.465 e.